The minimum atomic E-state index is -0.510. The lowest BCUT2D eigenvalue weighted by Gasteiger charge is -2.47. The maximum Gasteiger partial charge on any atom is 0.220 e. The van der Waals surface area contributed by atoms with Gasteiger partial charge in [0.1, 0.15) is 11.5 Å². The molecule has 2 atom stereocenters. The van der Waals surface area contributed by atoms with Crippen molar-refractivity contribution in [3.8, 4) is 11.5 Å². The number of hydrogen-bond donors (Lipinski definition) is 2. The summed E-state index contributed by atoms with van der Waals surface area (Å²) in [5.74, 6) is 1.89. The Hall–Kier alpha value is -1.75. The highest BCUT2D eigenvalue weighted by Gasteiger charge is 2.43. The van der Waals surface area contributed by atoms with E-state index in [9.17, 15) is 9.90 Å². The molecule has 1 aliphatic carbocycles. The zero-order valence-corrected chi connectivity index (χ0v) is 16.7. The number of rotatable bonds is 7. The largest absolute Gasteiger partial charge is 0.497 e. The number of carbonyl (C=O) groups excluding carboxylic acids is 1. The normalized spacial score (nSPS) is 24.8. The highest BCUT2D eigenvalue weighted by Crippen LogP contribution is 2.43. The molecule has 26 heavy (non-hydrogen) atoms. The molecule has 0 aliphatic heterocycles. The highest BCUT2D eigenvalue weighted by molar-refractivity contribution is 5.77. The molecule has 146 valence electrons. The van der Waals surface area contributed by atoms with Crippen LogP contribution < -0.4 is 14.8 Å². The maximum atomic E-state index is 12.6. The Bertz CT molecular complexity index is 606. The van der Waals surface area contributed by atoms with Crippen LogP contribution in [0.1, 0.15) is 52.0 Å². The van der Waals surface area contributed by atoms with Crippen molar-refractivity contribution < 1.29 is 19.4 Å². The van der Waals surface area contributed by atoms with Crippen LogP contribution in [0.25, 0.3) is 0 Å². The average molecular weight is 363 g/mol. The third-order valence-electron chi connectivity index (χ3n) is 5.22. The van der Waals surface area contributed by atoms with Crippen LogP contribution in [0.2, 0.25) is 0 Å². The Labute approximate surface area is 157 Å². The van der Waals surface area contributed by atoms with Crippen molar-refractivity contribution in [3.05, 3.63) is 23.8 Å². The molecule has 5 nitrogen and oxygen atoms in total. The minimum absolute atomic E-state index is 0.0144. The lowest BCUT2D eigenvalue weighted by Crippen LogP contribution is -2.57. The molecule has 1 fully saturated rings. The molecule has 5 heteroatoms. The van der Waals surface area contributed by atoms with E-state index in [2.05, 4.69) is 26.1 Å². The van der Waals surface area contributed by atoms with E-state index in [1.165, 1.54) is 0 Å². The number of hydrogen-bond acceptors (Lipinski definition) is 4. The van der Waals surface area contributed by atoms with Crippen molar-refractivity contribution in [3.63, 3.8) is 0 Å². The molecular formula is C21H33NO4. The second-order valence-corrected chi connectivity index (χ2v) is 8.56. The average Bonchev–Trinajstić information content (AvgIpc) is 2.57. The molecule has 0 spiro atoms. The molecule has 0 saturated heterocycles. The van der Waals surface area contributed by atoms with Gasteiger partial charge in [0.25, 0.3) is 0 Å². The summed E-state index contributed by atoms with van der Waals surface area (Å²) in [5.41, 5.74) is 0.602. The van der Waals surface area contributed by atoms with E-state index in [1.807, 2.05) is 18.2 Å². The maximum absolute atomic E-state index is 12.6. The van der Waals surface area contributed by atoms with Gasteiger partial charge in [0.05, 0.1) is 26.4 Å². The Morgan fingerprint density at radius 1 is 1.19 bits per heavy atom. The quantitative estimate of drug-likeness (QED) is 0.780. The molecule has 1 amide bonds. The van der Waals surface area contributed by atoms with Crippen LogP contribution in [-0.2, 0) is 11.2 Å². The van der Waals surface area contributed by atoms with Crippen LogP contribution in [0, 0.1) is 11.3 Å². The zero-order chi connectivity index (χ0) is 19.4. The fourth-order valence-corrected chi connectivity index (χ4v) is 4.62. The monoisotopic (exact) mass is 363 g/mol. The SMILES string of the molecule is COc1cc(CCC(=O)N[C@]2(CO)C[C@H](C)CC(C)(C)C2)cc(OC)c1. The summed E-state index contributed by atoms with van der Waals surface area (Å²) in [6.45, 7) is 6.60. The van der Waals surface area contributed by atoms with E-state index in [1.54, 1.807) is 14.2 Å². The zero-order valence-electron chi connectivity index (χ0n) is 16.7. The van der Waals surface area contributed by atoms with Gasteiger partial charge in [0, 0.05) is 12.5 Å². The summed E-state index contributed by atoms with van der Waals surface area (Å²) in [4.78, 5) is 12.6. The second kappa shape index (κ2) is 8.30. The topological polar surface area (TPSA) is 67.8 Å². The molecule has 0 unspecified atom stereocenters. The van der Waals surface area contributed by atoms with Crippen LogP contribution in [0.5, 0.6) is 11.5 Å². The highest BCUT2D eigenvalue weighted by atomic mass is 16.5. The number of nitrogens with one attached hydrogen (secondary N) is 1. The predicted molar refractivity (Wildman–Crippen MR) is 103 cm³/mol. The summed E-state index contributed by atoms with van der Waals surface area (Å²) in [5, 5.41) is 13.2. The number of carbonyl (C=O) groups is 1. The van der Waals surface area contributed by atoms with Crippen LogP contribution >= 0.6 is 0 Å². The van der Waals surface area contributed by atoms with Crippen molar-refractivity contribution in [2.75, 3.05) is 20.8 Å². The van der Waals surface area contributed by atoms with Crippen molar-refractivity contribution in [1.29, 1.82) is 0 Å². The first-order valence-electron chi connectivity index (χ1n) is 9.35. The van der Waals surface area contributed by atoms with E-state index in [0.29, 0.717) is 18.8 Å². The van der Waals surface area contributed by atoms with Gasteiger partial charge in [-0.25, -0.2) is 0 Å². The molecule has 0 aromatic heterocycles. The Kier molecular flexibility index (Phi) is 6.56. The van der Waals surface area contributed by atoms with Gasteiger partial charge in [-0.3, -0.25) is 4.79 Å². The smallest absolute Gasteiger partial charge is 0.220 e. The van der Waals surface area contributed by atoms with Crippen LogP contribution in [0.4, 0.5) is 0 Å². The third kappa shape index (κ3) is 5.37. The molecule has 0 radical (unpaired) electrons. The number of amides is 1. The molecule has 1 aliphatic rings. The molecule has 1 saturated carbocycles. The second-order valence-electron chi connectivity index (χ2n) is 8.56. The third-order valence-corrected chi connectivity index (χ3v) is 5.22. The summed E-state index contributed by atoms with van der Waals surface area (Å²) in [6, 6.07) is 5.66. The molecule has 2 rings (SSSR count). The standard InChI is InChI=1S/C21H33NO4/c1-15-11-20(2,3)13-21(12-15,14-23)22-19(24)7-6-16-8-17(25-4)10-18(9-16)26-5/h8-10,15,23H,6-7,11-14H2,1-5H3,(H,22,24)/t15-,21-/m1/s1. The van der Waals surface area contributed by atoms with Crippen molar-refractivity contribution in [2.24, 2.45) is 11.3 Å². The molecule has 0 heterocycles. The number of aliphatic hydroxyl groups is 1. The number of methoxy groups -OCH3 is 2. The first-order chi connectivity index (χ1) is 12.2. The Morgan fingerprint density at radius 2 is 1.81 bits per heavy atom. The first-order valence-corrected chi connectivity index (χ1v) is 9.35. The van der Waals surface area contributed by atoms with Gasteiger partial charge in [0.15, 0.2) is 0 Å². The number of aryl methyl sites for hydroxylation is 1. The van der Waals surface area contributed by atoms with Crippen molar-refractivity contribution in [1.82, 2.24) is 5.32 Å². The molecule has 1 aromatic rings. The van der Waals surface area contributed by atoms with E-state index < -0.39 is 5.54 Å². The van der Waals surface area contributed by atoms with E-state index in [-0.39, 0.29) is 17.9 Å². The molecule has 2 N–H and O–H groups in total. The summed E-state index contributed by atoms with van der Waals surface area (Å²) >= 11 is 0. The summed E-state index contributed by atoms with van der Waals surface area (Å²) in [7, 11) is 3.23. The van der Waals surface area contributed by atoms with Gasteiger partial charge >= 0.3 is 0 Å². The lowest BCUT2D eigenvalue weighted by molar-refractivity contribution is -0.125. The van der Waals surface area contributed by atoms with Crippen LogP contribution in [-0.4, -0.2) is 37.4 Å². The fraction of sp³-hybridized carbons (Fsp3) is 0.667. The number of aliphatic hydroxyl groups excluding tert-OH is 1. The Morgan fingerprint density at radius 3 is 2.31 bits per heavy atom. The lowest BCUT2D eigenvalue weighted by atomic mass is 9.64. The van der Waals surface area contributed by atoms with Gasteiger partial charge in [-0.1, -0.05) is 20.8 Å². The molecule has 1 aromatic carbocycles. The first kappa shape index (κ1) is 20.6. The Balaban J connectivity index is 2.01. The van der Waals surface area contributed by atoms with Crippen molar-refractivity contribution >= 4 is 5.91 Å². The minimum Gasteiger partial charge on any atom is -0.497 e. The van der Waals surface area contributed by atoms with Crippen LogP contribution in [0.15, 0.2) is 18.2 Å². The van der Waals surface area contributed by atoms with E-state index in [4.69, 9.17) is 9.47 Å². The van der Waals surface area contributed by atoms with Crippen molar-refractivity contribution in [2.45, 2.75) is 58.4 Å². The molecular weight excluding hydrogens is 330 g/mol. The number of benzene rings is 1. The summed E-state index contributed by atoms with van der Waals surface area (Å²) in [6.07, 6.45) is 3.71. The van der Waals surface area contributed by atoms with E-state index in [0.717, 1.165) is 36.3 Å². The van der Waals surface area contributed by atoms with Crippen LogP contribution in [0.3, 0.4) is 0 Å². The van der Waals surface area contributed by atoms with Gasteiger partial charge in [-0.15, -0.1) is 0 Å². The molecule has 0 bridgehead atoms. The van der Waals surface area contributed by atoms with E-state index >= 15 is 0 Å². The van der Waals surface area contributed by atoms with Gasteiger partial charge in [-0.2, -0.15) is 0 Å². The summed E-state index contributed by atoms with van der Waals surface area (Å²) < 4.78 is 10.6. The van der Waals surface area contributed by atoms with Gasteiger partial charge in [0.2, 0.25) is 5.91 Å². The fourth-order valence-electron chi connectivity index (χ4n) is 4.62. The number of ether oxygens (including phenoxy) is 2. The van der Waals surface area contributed by atoms with Gasteiger partial charge in [-0.05, 0) is 54.7 Å². The predicted octanol–water partition coefficient (Wildman–Crippen LogP) is 3.33. The van der Waals surface area contributed by atoms with Gasteiger partial charge < -0.3 is 19.9 Å².